The van der Waals surface area contributed by atoms with Gasteiger partial charge in [0.25, 0.3) is 7.82 Å². The molecule has 13 N–H and O–H groups in total. The Hall–Kier alpha value is -6.49. The number of hydrogen-bond donors (Lipinski definition) is 9. The maximum atomic E-state index is 14.4. The van der Waals surface area contributed by atoms with Crippen molar-refractivity contribution in [1.29, 1.82) is 0 Å². The second kappa shape index (κ2) is 27.6. The Morgan fingerprint density at radius 2 is 1.48 bits per heavy atom. The number of amides is 7. The molecule has 500 valence electrons. The molecule has 2 saturated heterocycles. The van der Waals surface area contributed by atoms with Crippen LogP contribution in [0.3, 0.4) is 0 Å². The van der Waals surface area contributed by atoms with E-state index in [1.165, 1.54) is 13.3 Å². The average Bonchev–Trinajstić information content (AvgIpc) is 1.53. The number of nitrogens with one attached hydrogen (secondary N) is 3. The third kappa shape index (κ3) is 13.8. The van der Waals surface area contributed by atoms with Crippen molar-refractivity contribution >= 4 is 78.3 Å². The zero-order valence-electron chi connectivity index (χ0n) is 53.5. The summed E-state index contributed by atoms with van der Waals surface area (Å²) in [7, 11) is -5.30. The molecule has 1 aromatic carbocycles. The Balaban J connectivity index is 0.0000118. The molecule has 15 atom stereocenters. The predicted molar refractivity (Wildman–Crippen MR) is 334 cm³/mol. The molecule has 1 radical (unpaired) electrons. The third-order valence-corrected chi connectivity index (χ3v) is 21.6. The number of aromatic nitrogens is 2. The first kappa shape index (κ1) is 71.9. The number of allylic oxidation sites excluding steroid dienone is 6. The van der Waals surface area contributed by atoms with Gasteiger partial charge in [-0.25, -0.2) is 4.98 Å². The Morgan fingerprint density at radius 3 is 2.09 bits per heavy atom. The van der Waals surface area contributed by atoms with Gasteiger partial charge in [-0.1, -0.05) is 40.7 Å². The van der Waals surface area contributed by atoms with E-state index in [1.54, 1.807) is 4.57 Å². The van der Waals surface area contributed by atoms with E-state index in [4.69, 9.17) is 57.0 Å². The molecule has 1 aromatic heterocycles. The fraction of sp³-hybridized carbons (Fsp3) is 0.629. The van der Waals surface area contributed by atoms with Crippen molar-refractivity contribution in [3.05, 3.63) is 69.2 Å². The van der Waals surface area contributed by atoms with Crippen LogP contribution in [0.4, 0.5) is 0 Å². The van der Waals surface area contributed by atoms with E-state index in [1.807, 2.05) is 87.4 Å². The topological polar surface area (TPSA) is 437 Å². The standard InChI is InChI=1S/C62H90N13O14P.Co.H/c1-31-20-41-42(21-32(31)2)75(28-70-41)57-52(84)53(43(26-76)87-57)89-90(85,86)88-33(3)24-69-49(83)18-19-59(8)39(25-67-29-77)56-62(11)61(10,27-68-30-78)38(14-17-47(65)81)51(74-62)35(5)55-60(9,23-48(66)82)36(12-15-45(63)79)40(71-55)22-44-58(6,7)37(13-16-46(64)80)50(72-44)34(4)54(59)73-56;;/h20-22,28-30,33,36-39,43,52-53,56-57,76,84H,12-19,23-27H2,1-11H3,(H13,63,64,65,66,67,68,69,71,72,73,74,77,78,79,80,81,82,83,85,86);;/q;+2;/p-2/t33-,36-,37-,38-,39+,43-,52?,53?,56-,57?,59-,60+,61+,62+;;/m1../s1. The first-order valence-corrected chi connectivity index (χ1v) is 32.0. The van der Waals surface area contributed by atoms with Gasteiger partial charge < -0.3 is 77.7 Å². The third-order valence-electron chi connectivity index (χ3n) is 20.5. The Kier molecular flexibility index (Phi) is 21.8. The van der Waals surface area contributed by atoms with Crippen LogP contribution < -0.4 is 43.8 Å². The molecular formula is C62H89CoN13O14P. The number of fused-ring (bicyclic) bond motifs is 7. The SMILES string of the molecule is CC1=C2[N-]C(=CC3=NC(=C(C)C4=N[C@@](C)([C@@H]5N=C1[C@](C)(CCC(=O)NC[C@@H](C)OP(=O)([O-])OC1C(O)C(n6cnc7cc(C)c(C)cc76)O[C@@H]1CO)[C@H]5CNC=O)[C@@](C)(CNC=O)[C@@H]4CCC(N)=O)[C@@](C)(CC(N)=O)[C@@H]3CCC(N)=O)C(C)(C)[C@@H]2CCC(N)=O.[CoH+2]. The second-order valence-corrected chi connectivity index (χ2v) is 28.0. The van der Waals surface area contributed by atoms with Gasteiger partial charge >= 0.3 is 16.8 Å². The number of benzene rings is 1. The van der Waals surface area contributed by atoms with Crippen LogP contribution in [0.15, 0.2) is 67.8 Å². The Morgan fingerprint density at radius 1 is 0.868 bits per heavy atom. The molecule has 7 amide bonds. The molecule has 8 bridgehead atoms. The molecular weight excluding hydrogens is 1240 g/mol. The number of phosphoric ester groups is 1. The fourth-order valence-corrected chi connectivity index (χ4v) is 16.3. The summed E-state index contributed by atoms with van der Waals surface area (Å²) in [5.41, 5.74) is 25.4. The normalized spacial score (nSPS) is 31.6. The molecule has 4 unspecified atom stereocenters. The van der Waals surface area contributed by atoms with Crippen molar-refractivity contribution < 1.29 is 83.8 Å². The van der Waals surface area contributed by atoms with E-state index in [0.29, 0.717) is 69.2 Å². The predicted octanol–water partition coefficient (Wildman–Crippen LogP) is 2.79. The van der Waals surface area contributed by atoms with Gasteiger partial charge in [-0.3, -0.25) is 53.1 Å². The van der Waals surface area contributed by atoms with Gasteiger partial charge in [-0.15, -0.1) is 0 Å². The summed E-state index contributed by atoms with van der Waals surface area (Å²) in [6.07, 6.45) is -2.46. The molecule has 2 fully saturated rings. The summed E-state index contributed by atoms with van der Waals surface area (Å²) >= 11 is 0. The van der Waals surface area contributed by atoms with E-state index >= 15 is 0 Å². The summed E-state index contributed by atoms with van der Waals surface area (Å²) < 4.78 is 31.9. The molecule has 8 rings (SSSR count). The molecule has 7 heterocycles. The molecule has 0 spiro atoms. The van der Waals surface area contributed by atoms with Crippen molar-refractivity contribution in [2.24, 2.45) is 83.2 Å². The van der Waals surface area contributed by atoms with E-state index in [2.05, 4.69) is 20.9 Å². The second-order valence-electron chi connectivity index (χ2n) is 26.7. The number of aliphatic imine (C=N–C) groups is 3. The summed E-state index contributed by atoms with van der Waals surface area (Å²) in [6, 6.07) is 2.83. The van der Waals surface area contributed by atoms with Gasteiger partial charge in [0.1, 0.15) is 18.3 Å². The van der Waals surface area contributed by atoms with E-state index < -0.39 is 132 Å². The van der Waals surface area contributed by atoms with Crippen molar-refractivity contribution in [1.82, 2.24) is 25.5 Å². The average molecular weight is 1330 g/mol. The first-order chi connectivity index (χ1) is 42.1. The number of hydrogen-bond acceptors (Lipinski definition) is 18. The van der Waals surface area contributed by atoms with E-state index in [0.717, 1.165) is 11.1 Å². The van der Waals surface area contributed by atoms with Crippen LogP contribution in [0.25, 0.3) is 16.4 Å². The van der Waals surface area contributed by atoms with Crippen molar-refractivity contribution in [2.45, 2.75) is 176 Å². The van der Waals surface area contributed by atoms with Crippen molar-refractivity contribution in [3.8, 4) is 0 Å². The van der Waals surface area contributed by atoms with Crippen LogP contribution in [-0.2, 0) is 68.7 Å². The van der Waals surface area contributed by atoms with Gasteiger partial charge in [0.15, 0.2) is 6.23 Å². The van der Waals surface area contributed by atoms with Crippen LogP contribution in [0.1, 0.15) is 137 Å². The molecule has 91 heavy (non-hydrogen) atoms. The molecule has 29 heteroatoms. The summed E-state index contributed by atoms with van der Waals surface area (Å²) in [6.45, 7) is 19.5. The van der Waals surface area contributed by atoms with Crippen LogP contribution in [0, 0.1) is 59.2 Å². The summed E-state index contributed by atoms with van der Waals surface area (Å²) in [5, 5.41) is 35.8. The number of carbonyl (C=O) groups is 7. The zero-order chi connectivity index (χ0) is 66.4. The van der Waals surface area contributed by atoms with Gasteiger partial charge in [0.2, 0.25) is 42.4 Å². The van der Waals surface area contributed by atoms with Crippen LogP contribution in [-0.4, -0.2) is 141 Å². The number of imidazole rings is 1. The number of carbonyl (C=O) groups excluding carboxylic acids is 7. The van der Waals surface area contributed by atoms with Gasteiger partial charge in [0, 0.05) is 103 Å². The number of nitrogens with two attached hydrogens (primary N) is 4. The number of ether oxygens (including phenoxy) is 1. The number of aryl methyl sites for hydroxylation is 2. The minimum atomic E-state index is -5.30. The Bertz CT molecular complexity index is 3470. The van der Waals surface area contributed by atoms with Crippen molar-refractivity contribution in [2.75, 3.05) is 26.2 Å². The number of aliphatic hydroxyl groups is 2. The number of rotatable bonds is 28. The number of aliphatic hydroxyl groups excluding tert-OH is 2. The minimum absolute atomic E-state index is 0. The molecule has 27 nitrogen and oxygen atoms in total. The Labute approximate surface area is 540 Å². The number of primary amides is 4. The molecule has 2 aromatic rings. The fourth-order valence-electron chi connectivity index (χ4n) is 15.2. The quantitative estimate of drug-likeness (QED) is 0.0437. The molecule has 0 aliphatic carbocycles. The van der Waals surface area contributed by atoms with Crippen molar-refractivity contribution in [3.63, 3.8) is 0 Å². The van der Waals surface area contributed by atoms with Gasteiger partial charge in [-0.05, 0) is 113 Å². The summed E-state index contributed by atoms with van der Waals surface area (Å²) in [4.78, 5) is 126. The summed E-state index contributed by atoms with van der Waals surface area (Å²) in [5.74, 6) is -5.38. The van der Waals surface area contributed by atoms with Crippen LogP contribution >= 0.6 is 7.82 Å². The molecule has 6 aliphatic rings. The number of phosphoric acid groups is 1. The maximum absolute atomic E-state index is 14.4. The monoisotopic (exact) mass is 1330 g/mol. The van der Waals surface area contributed by atoms with E-state index in [9.17, 15) is 53.2 Å². The van der Waals surface area contributed by atoms with Gasteiger partial charge in [0.05, 0.1) is 47.3 Å². The molecule has 6 aliphatic heterocycles. The van der Waals surface area contributed by atoms with Crippen LogP contribution in [0.5, 0.6) is 0 Å². The van der Waals surface area contributed by atoms with Gasteiger partial charge in [-0.2, -0.15) is 11.4 Å². The van der Waals surface area contributed by atoms with E-state index in [-0.39, 0.29) is 94.2 Å². The van der Waals surface area contributed by atoms with Crippen LogP contribution in [0.2, 0.25) is 0 Å². The first-order valence-electron chi connectivity index (χ1n) is 30.6. The number of nitrogens with zero attached hydrogens (tertiary/aromatic N) is 6. The zero-order valence-corrected chi connectivity index (χ0v) is 55.5. The molecule has 0 saturated carbocycles.